The van der Waals surface area contributed by atoms with Crippen molar-refractivity contribution in [3.05, 3.63) is 22.8 Å². The lowest BCUT2D eigenvalue weighted by Gasteiger charge is -2.54. The molecule has 0 radical (unpaired) electrons. The number of rotatable bonds is 1. The Bertz CT molecular complexity index is 502. The lowest BCUT2D eigenvalue weighted by Crippen LogP contribution is -2.52. The molecule has 1 saturated carbocycles. The number of fused-ring (bicyclic) bond motifs is 3. The van der Waals surface area contributed by atoms with Crippen molar-refractivity contribution in [1.29, 1.82) is 0 Å². The molecule has 3 heteroatoms. The summed E-state index contributed by atoms with van der Waals surface area (Å²) >= 11 is 0. The molecule has 98 valence electrons. The Labute approximate surface area is 107 Å². The second-order valence-electron chi connectivity index (χ2n) is 6.67. The number of carbonyl (C=O) groups is 1. The Morgan fingerprint density at radius 3 is 2.61 bits per heavy atom. The number of aliphatic hydroxyl groups excluding tert-OH is 2. The number of hydrogen-bond acceptors (Lipinski definition) is 3. The number of allylic oxidation sites excluding steroid dienone is 2. The molecule has 0 aromatic carbocycles. The average molecular weight is 248 g/mol. The molecule has 2 N–H and O–H groups in total. The van der Waals surface area contributed by atoms with Crippen molar-refractivity contribution in [3.63, 3.8) is 0 Å². The summed E-state index contributed by atoms with van der Waals surface area (Å²) < 4.78 is 0. The highest BCUT2D eigenvalue weighted by Gasteiger charge is 2.59. The summed E-state index contributed by atoms with van der Waals surface area (Å²) in [5.74, 6) is 0.243. The van der Waals surface area contributed by atoms with Crippen molar-refractivity contribution in [2.75, 3.05) is 6.61 Å². The normalized spacial score (nSPS) is 46.5. The molecule has 0 bridgehead atoms. The van der Waals surface area contributed by atoms with E-state index in [1.54, 1.807) is 0 Å². The fourth-order valence-electron chi connectivity index (χ4n) is 4.22. The van der Waals surface area contributed by atoms with Gasteiger partial charge in [-0.05, 0) is 36.8 Å². The number of ketones is 1. The number of aliphatic hydroxyl groups is 2. The number of carbonyl (C=O) groups excluding carboxylic acids is 1. The van der Waals surface area contributed by atoms with Gasteiger partial charge in [0.2, 0.25) is 0 Å². The molecular weight excluding hydrogens is 228 g/mol. The van der Waals surface area contributed by atoms with Crippen molar-refractivity contribution < 1.29 is 15.0 Å². The third-order valence-electron chi connectivity index (χ3n) is 5.25. The Morgan fingerprint density at radius 2 is 2.06 bits per heavy atom. The first kappa shape index (κ1) is 12.1. The molecule has 3 aliphatic rings. The van der Waals surface area contributed by atoms with Gasteiger partial charge in [0.1, 0.15) is 0 Å². The molecule has 0 aliphatic heterocycles. The minimum Gasteiger partial charge on any atom is -0.395 e. The average Bonchev–Trinajstić information content (AvgIpc) is 2.66. The van der Waals surface area contributed by atoms with E-state index >= 15 is 0 Å². The lowest BCUT2D eigenvalue weighted by molar-refractivity contribution is -0.115. The summed E-state index contributed by atoms with van der Waals surface area (Å²) in [6, 6.07) is 0. The molecular formula is C15H20O3. The first-order chi connectivity index (χ1) is 8.32. The second kappa shape index (κ2) is 3.34. The van der Waals surface area contributed by atoms with Crippen LogP contribution in [0, 0.1) is 16.7 Å². The molecule has 0 unspecified atom stereocenters. The van der Waals surface area contributed by atoms with Crippen molar-refractivity contribution >= 4 is 5.78 Å². The second-order valence-corrected chi connectivity index (χ2v) is 6.67. The molecule has 0 heterocycles. The topological polar surface area (TPSA) is 57.5 Å². The van der Waals surface area contributed by atoms with Gasteiger partial charge in [-0.1, -0.05) is 19.9 Å². The summed E-state index contributed by atoms with van der Waals surface area (Å²) in [7, 11) is 0. The highest BCUT2D eigenvalue weighted by Crippen LogP contribution is 2.63. The zero-order valence-electron chi connectivity index (χ0n) is 11.2. The van der Waals surface area contributed by atoms with Crippen LogP contribution in [0.25, 0.3) is 0 Å². The van der Waals surface area contributed by atoms with Crippen LogP contribution in [0.2, 0.25) is 0 Å². The van der Waals surface area contributed by atoms with E-state index in [0.717, 1.165) is 29.6 Å². The molecule has 0 aromatic heterocycles. The van der Waals surface area contributed by atoms with Crippen LogP contribution < -0.4 is 0 Å². The maximum atomic E-state index is 12.4. The summed E-state index contributed by atoms with van der Waals surface area (Å²) in [4.78, 5) is 12.4. The van der Waals surface area contributed by atoms with Crippen LogP contribution in [-0.2, 0) is 4.79 Å². The van der Waals surface area contributed by atoms with Gasteiger partial charge in [0.15, 0.2) is 5.78 Å². The van der Waals surface area contributed by atoms with Crippen molar-refractivity contribution in [3.8, 4) is 0 Å². The fourth-order valence-corrected chi connectivity index (χ4v) is 4.22. The smallest absolute Gasteiger partial charge is 0.184 e. The fraction of sp³-hybridized carbons (Fsp3) is 0.667. The molecule has 0 aromatic rings. The van der Waals surface area contributed by atoms with E-state index in [4.69, 9.17) is 0 Å². The quantitative estimate of drug-likeness (QED) is 0.741. The maximum absolute atomic E-state index is 12.4. The van der Waals surface area contributed by atoms with Crippen LogP contribution in [0.1, 0.15) is 33.6 Å². The predicted molar refractivity (Wildman–Crippen MR) is 67.8 cm³/mol. The molecule has 3 nitrogen and oxygen atoms in total. The Kier molecular flexibility index (Phi) is 2.25. The summed E-state index contributed by atoms with van der Waals surface area (Å²) in [5.41, 5.74) is 2.17. The van der Waals surface area contributed by atoms with E-state index in [1.807, 2.05) is 19.9 Å². The monoisotopic (exact) mass is 248 g/mol. The first-order valence-electron chi connectivity index (χ1n) is 6.60. The number of hydrogen-bond donors (Lipinski definition) is 2. The van der Waals surface area contributed by atoms with Crippen LogP contribution in [0.3, 0.4) is 0 Å². The van der Waals surface area contributed by atoms with Gasteiger partial charge in [-0.2, -0.15) is 0 Å². The molecule has 3 aliphatic carbocycles. The molecule has 3 rings (SSSR count). The van der Waals surface area contributed by atoms with Crippen LogP contribution in [0.4, 0.5) is 0 Å². The molecule has 1 fully saturated rings. The van der Waals surface area contributed by atoms with Gasteiger partial charge in [0.25, 0.3) is 0 Å². The van der Waals surface area contributed by atoms with E-state index in [1.165, 1.54) is 0 Å². The van der Waals surface area contributed by atoms with Gasteiger partial charge < -0.3 is 10.2 Å². The molecule has 0 spiro atoms. The van der Waals surface area contributed by atoms with E-state index in [2.05, 4.69) is 6.92 Å². The Morgan fingerprint density at radius 1 is 1.39 bits per heavy atom. The molecule has 0 amide bonds. The van der Waals surface area contributed by atoms with Crippen molar-refractivity contribution in [2.24, 2.45) is 16.7 Å². The van der Waals surface area contributed by atoms with Crippen LogP contribution in [0.5, 0.6) is 0 Å². The largest absolute Gasteiger partial charge is 0.395 e. The standard InChI is InChI=1S/C15H20O3/c1-8-12-11(17)6-15(12,3)10-5-14(2,7-16)4-9(10)13(8)18/h4,10-11,16-17H,5-7H2,1-3H3/t10-,11+,14+,15+/m0/s1. The van der Waals surface area contributed by atoms with Gasteiger partial charge in [0.05, 0.1) is 12.7 Å². The Balaban J connectivity index is 2.11. The molecule has 4 atom stereocenters. The lowest BCUT2D eigenvalue weighted by atomic mass is 9.51. The number of Topliss-reactive ketones (excluding diaryl/α,β-unsaturated/α-hetero) is 1. The van der Waals surface area contributed by atoms with Crippen LogP contribution in [-0.4, -0.2) is 28.7 Å². The molecule has 18 heavy (non-hydrogen) atoms. The van der Waals surface area contributed by atoms with Crippen LogP contribution >= 0.6 is 0 Å². The van der Waals surface area contributed by atoms with Gasteiger partial charge in [-0.15, -0.1) is 0 Å². The van der Waals surface area contributed by atoms with Gasteiger partial charge in [-0.25, -0.2) is 0 Å². The summed E-state index contributed by atoms with van der Waals surface area (Å²) in [6.45, 7) is 6.04. The summed E-state index contributed by atoms with van der Waals surface area (Å²) in [6.07, 6.45) is 3.07. The van der Waals surface area contributed by atoms with Crippen LogP contribution in [0.15, 0.2) is 22.8 Å². The van der Waals surface area contributed by atoms with E-state index in [9.17, 15) is 15.0 Å². The van der Waals surface area contributed by atoms with Gasteiger partial charge >= 0.3 is 0 Å². The highest BCUT2D eigenvalue weighted by atomic mass is 16.3. The first-order valence-corrected chi connectivity index (χ1v) is 6.60. The third-order valence-corrected chi connectivity index (χ3v) is 5.25. The molecule has 0 saturated heterocycles. The summed E-state index contributed by atoms with van der Waals surface area (Å²) in [5, 5.41) is 19.4. The van der Waals surface area contributed by atoms with Crippen molar-refractivity contribution in [1.82, 2.24) is 0 Å². The van der Waals surface area contributed by atoms with E-state index in [0.29, 0.717) is 0 Å². The zero-order valence-corrected chi connectivity index (χ0v) is 11.2. The zero-order chi connectivity index (χ0) is 13.3. The van der Waals surface area contributed by atoms with Crippen molar-refractivity contribution in [2.45, 2.75) is 39.7 Å². The van der Waals surface area contributed by atoms with E-state index < -0.39 is 6.10 Å². The predicted octanol–water partition coefficient (Wildman–Crippen LogP) is 1.60. The Hall–Kier alpha value is -0.930. The highest BCUT2D eigenvalue weighted by molar-refractivity contribution is 6.11. The minimum absolute atomic E-state index is 0.0726. The maximum Gasteiger partial charge on any atom is 0.184 e. The van der Waals surface area contributed by atoms with Gasteiger partial charge in [-0.3, -0.25) is 4.79 Å². The SMILES string of the molecule is CC1=C2[C@H](O)C[C@]2(C)[C@H]2C[C@](C)(CO)C=C2C1=O. The third kappa shape index (κ3) is 1.24. The van der Waals surface area contributed by atoms with E-state index in [-0.39, 0.29) is 29.1 Å². The van der Waals surface area contributed by atoms with Gasteiger partial charge in [0, 0.05) is 16.4 Å². The minimum atomic E-state index is -0.443.